The van der Waals surface area contributed by atoms with Crippen molar-refractivity contribution in [2.75, 3.05) is 13.2 Å². The molecule has 0 aromatic rings. The highest BCUT2D eigenvalue weighted by Gasteiger charge is 2.20. The minimum atomic E-state index is -3.60. The molecule has 0 amide bonds. The number of sulfonamides is 1. The summed E-state index contributed by atoms with van der Waals surface area (Å²) in [6, 6.07) is -0.841. The van der Waals surface area contributed by atoms with E-state index in [1.807, 2.05) is 0 Å². The second-order valence-corrected chi connectivity index (χ2v) is 4.98. The van der Waals surface area contributed by atoms with Crippen molar-refractivity contribution in [3.05, 3.63) is 23.1 Å². The van der Waals surface area contributed by atoms with Gasteiger partial charge in [-0.05, 0) is 18.9 Å². The fourth-order valence-corrected chi connectivity index (χ4v) is 2.54. The first kappa shape index (κ1) is 12.4. The second kappa shape index (κ2) is 5.41. The van der Waals surface area contributed by atoms with Gasteiger partial charge >= 0.3 is 0 Å². The molecule has 0 unspecified atom stereocenters. The van der Waals surface area contributed by atoms with Crippen LogP contribution in [0, 0.1) is 0 Å². The van der Waals surface area contributed by atoms with Gasteiger partial charge in [-0.15, -0.1) is 0 Å². The van der Waals surface area contributed by atoms with Gasteiger partial charge < -0.3 is 10.2 Å². The molecule has 1 rings (SSSR count). The number of aliphatic hydroxyl groups excluding tert-OH is 2. The summed E-state index contributed by atoms with van der Waals surface area (Å²) in [7, 11) is -3.60. The fraction of sp³-hybridized carbons (Fsp3) is 0.556. The minimum Gasteiger partial charge on any atom is -0.395 e. The zero-order valence-electron chi connectivity index (χ0n) is 8.26. The molecule has 0 saturated heterocycles. The average molecular weight is 233 g/mol. The number of hydrogen-bond donors (Lipinski definition) is 3. The minimum absolute atomic E-state index is 0.195. The predicted octanol–water partition coefficient (Wildman–Crippen LogP) is -0.507. The van der Waals surface area contributed by atoms with Crippen LogP contribution in [0.3, 0.4) is 0 Å². The van der Waals surface area contributed by atoms with Crippen LogP contribution in [0.5, 0.6) is 0 Å². The molecule has 0 aromatic carbocycles. The van der Waals surface area contributed by atoms with Crippen LogP contribution < -0.4 is 4.72 Å². The van der Waals surface area contributed by atoms with Gasteiger partial charge in [0.25, 0.3) is 0 Å². The number of rotatable bonds is 5. The number of nitrogens with one attached hydrogen (secondary N) is 1. The Labute approximate surface area is 89.2 Å². The third-order valence-electron chi connectivity index (χ3n) is 2.03. The molecule has 0 aromatic heterocycles. The molecule has 3 N–H and O–H groups in total. The Hall–Kier alpha value is -0.690. The maximum atomic E-state index is 11.7. The molecular formula is C9H15NO4S. The molecule has 0 spiro atoms. The Bertz CT molecular complexity index is 354. The van der Waals surface area contributed by atoms with Crippen LogP contribution in [0.25, 0.3) is 0 Å². The Kier molecular flexibility index (Phi) is 4.46. The summed E-state index contributed by atoms with van der Waals surface area (Å²) >= 11 is 0. The van der Waals surface area contributed by atoms with E-state index in [4.69, 9.17) is 10.2 Å². The summed E-state index contributed by atoms with van der Waals surface area (Å²) < 4.78 is 25.5. The van der Waals surface area contributed by atoms with Crippen LogP contribution in [-0.2, 0) is 10.0 Å². The lowest BCUT2D eigenvalue weighted by Gasteiger charge is -2.15. The van der Waals surface area contributed by atoms with Crippen LogP contribution in [0.2, 0.25) is 0 Å². The van der Waals surface area contributed by atoms with E-state index < -0.39 is 29.3 Å². The van der Waals surface area contributed by atoms with Crippen LogP contribution in [0.1, 0.15) is 12.8 Å². The molecule has 1 aliphatic rings. The van der Waals surface area contributed by atoms with Gasteiger partial charge in [-0.25, -0.2) is 13.1 Å². The summed E-state index contributed by atoms with van der Waals surface area (Å²) in [5, 5.41) is 17.5. The lowest BCUT2D eigenvalue weighted by molar-refractivity contribution is 0.185. The van der Waals surface area contributed by atoms with Crippen LogP contribution in [-0.4, -0.2) is 37.9 Å². The van der Waals surface area contributed by atoms with Crippen LogP contribution >= 0.6 is 0 Å². The van der Waals surface area contributed by atoms with E-state index in [9.17, 15) is 8.42 Å². The van der Waals surface area contributed by atoms with Crippen LogP contribution in [0.15, 0.2) is 23.1 Å². The first-order chi connectivity index (χ1) is 7.10. The third kappa shape index (κ3) is 3.42. The van der Waals surface area contributed by atoms with E-state index >= 15 is 0 Å². The maximum absolute atomic E-state index is 11.7. The topological polar surface area (TPSA) is 86.6 Å². The number of hydrogen-bond acceptors (Lipinski definition) is 4. The maximum Gasteiger partial charge on any atom is 0.240 e. The molecule has 0 radical (unpaired) electrons. The molecule has 6 heteroatoms. The zero-order chi connectivity index (χ0) is 11.3. The Morgan fingerprint density at radius 1 is 1.33 bits per heavy atom. The van der Waals surface area contributed by atoms with Crippen molar-refractivity contribution in [2.45, 2.75) is 18.9 Å². The molecule has 0 aliphatic heterocycles. The van der Waals surface area contributed by atoms with Gasteiger partial charge in [0.1, 0.15) is 0 Å². The molecule has 0 saturated carbocycles. The van der Waals surface area contributed by atoms with E-state index in [0.29, 0.717) is 6.42 Å². The lowest BCUT2D eigenvalue weighted by atomic mass is 10.2. The zero-order valence-corrected chi connectivity index (χ0v) is 9.07. The Balaban J connectivity index is 2.74. The van der Waals surface area contributed by atoms with Crippen molar-refractivity contribution >= 4 is 10.0 Å². The summed E-state index contributed by atoms with van der Waals surface area (Å²) in [6.07, 6.45) is 6.45. The average Bonchev–Trinajstić information content (AvgIpc) is 2.27. The molecule has 86 valence electrons. The first-order valence-corrected chi connectivity index (χ1v) is 6.19. The van der Waals surface area contributed by atoms with Gasteiger partial charge in [0.05, 0.1) is 24.2 Å². The molecule has 1 aliphatic carbocycles. The Morgan fingerprint density at radius 2 is 2.00 bits per heavy atom. The monoisotopic (exact) mass is 233 g/mol. The highest BCUT2D eigenvalue weighted by Crippen LogP contribution is 2.14. The molecule has 5 nitrogen and oxygen atoms in total. The summed E-state index contributed by atoms with van der Waals surface area (Å²) in [5.74, 6) is 0. The highest BCUT2D eigenvalue weighted by atomic mass is 32.2. The molecule has 0 heterocycles. The van der Waals surface area contributed by atoms with Crippen molar-refractivity contribution in [3.63, 3.8) is 0 Å². The normalized spacial score (nSPS) is 16.9. The fourth-order valence-electron chi connectivity index (χ4n) is 1.21. The van der Waals surface area contributed by atoms with Gasteiger partial charge in [0.15, 0.2) is 0 Å². The van der Waals surface area contributed by atoms with Crippen molar-refractivity contribution in [1.82, 2.24) is 4.72 Å². The number of aliphatic hydroxyl groups is 2. The Morgan fingerprint density at radius 3 is 2.47 bits per heavy atom. The van der Waals surface area contributed by atoms with E-state index in [-0.39, 0.29) is 4.91 Å². The van der Waals surface area contributed by atoms with Gasteiger partial charge in [-0.2, -0.15) is 0 Å². The molecular weight excluding hydrogens is 218 g/mol. The van der Waals surface area contributed by atoms with E-state index in [1.54, 1.807) is 12.2 Å². The van der Waals surface area contributed by atoms with Crippen molar-refractivity contribution in [3.8, 4) is 0 Å². The molecule has 0 bridgehead atoms. The standard InChI is InChI=1S/C9H15NO4S/c11-6-8(7-12)10-15(13,14)9-4-2-1-3-5-9/h2,4-5,8,10-12H,1,3,6-7H2. The van der Waals surface area contributed by atoms with Crippen molar-refractivity contribution in [1.29, 1.82) is 0 Å². The smallest absolute Gasteiger partial charge is 0.240 e. The summed E-state index contributed by atoms with van der Waals surface area (Å²) in [6.45, 7) is -0.848. The van der Waals surface area contributed by atoms with Crippen molar-refractivity contribution < 1.29 is 18.6 Å². The molecule has 15 heavy (non-hydrogen) atoms. The summed E-state index contributed by atoms with van der Waals surface area (Å²) in [4.78, 5) is 0.195. The van der Waals surface area contributed by atoms with E-state index in [2.05, 4.69) is 4.72 Å². The van der Waals surface area contributed by atoms with Crippen LogP contribution in [0.4, 0.5) is 0 Å². The van der Waals surface area contributed by atoms with Crippen molar-refractivity contribution in [2.24, 2.45) is 0 Å². The predicted molar refractivity (Wildman–Crippen MR) is 56.5 cm³/mol. The molecule has 0 atom stereocenters. The van der Waals surface area contributed by atoms with Gasteiger partial charge in [-0.3, -0.25) is 0 Å². The second-order valence-electron chi connectivity index (χ2n) is 3.27. The van der Waals surface area contributed by atoms with Gasteiger partial charge in [0.2, 0.25) is 10.0 Å². The first-order valence-electron chi connectivity index (χ1n) is 4.71. The largest absolute Gasteiger partial charge is 0.395 e. The van der Waals surface area contributed by atoms with E-state index in [1.165, 1.54) is 6.08 Å². The van der Waals surface area contributed by atoms with Gasteiger partial charge in [0, 0.05) is 0 Å². The van der Waals surface area contributed by atoms with Gasteiger partial charge in [-0.1, -0.05) is 12.2 Å². The quantitative estimate of drug-likeness (QED) is 0.597. The third-order valence-corrected chi connectivity index (χ3v) is 3.60. The molecule has 0 fully saturated rings. The summed E-state index contributed by atoms with van der Waals surface area (Å²) in [5.41, 5.74) is 0. The SMILES string of the molecule is O=S(=O)(NC(CO)CO)C1=CCCC=C1. The van der Waals surface area contributed by atoms with E-state index in [0.717, 1.165) is 6.42 Å². The lowest BCUT2D eigenvalue weighted by Crippen LogP contribution is -2.40. The highest BCUT2D eigenvalue weighted by molar-refractivity contribution is 7.93. The number of allylic oxidation sites excluding steroid dienone is 3.